The molecule has 0 spiro atoms. The summed E-state index contributed by atoms with van der Waals surface area (Å²) in [4.78, 5) is 0. The molecule has 0 aliphatic heterocycles. The van der Waals surface area contributed by atoms with Gasteiger partial charge in [0, 0.05) is 0 Å². The Kier molecular flexibility index (Phi) is 14.9. The Morgan fingerprint density at radius 3 is 0.806 bits per heavy atom. The third kappa shape index (κ3) is 7.41. The first-order valence-electron chi connectivity index (χ1n) is 13.7. The van der Waals surface area contributed by atoms with Crippen LogP contribution in [0.5, 0.6) is 0 Å². The fourth-order valence-corrected chi connectivity index (χ4v) is 118. The Labute approximate surface area is 241 Å². The smallest absolute Gasteiger partial charge is 0.0154 e. The van der Waals surface area contributed by atoms with Gasteiger partial charge in [0.05, 0.1) is 0 Å². The molecule has 0 radical (unpaired) electrons. The summed E-state index contributed by atoms with van der Waals surface area (Å²) >= 11 is 0. The first-order valence-corrected chi connectivity index (χ1v) is 37.2. The Morgan fingerprint density at radius 1 is 0.278 bits per heavy atom. The van der Waals surface area contributed by atoms with Crippen LogP contribution in [-0.4, -0.2) is 112 Å². The van der Waals surface area contributed by atoms with E-state index in [1.807, 2.05) is 0 Å². The molecule has 0 heterocycles. The number of hydrogen-bond donors (Lipinski definition) is 0. The maximum atomic E-state index is 2.84. The number of unbranched alkanes of at least 4 members (excludes halogenated alkanes) is 6. The molecule has 234 valence electrons. The predicted molar refractivity (Wildman–Crippen MR) is 214 cm³/mol. The minimum Gasteiger partial charge on any atom is -0.208 e. The van der Waals surface area contributed by atoms with Crippen LogP contribution in [0, 0.1) is 0 Å². The zero-order valence-corrected chi connectivity index (χ0v) is 34.9. The van der Waals surface area contributed by atoms with Gasteiger partial charge in [-0.3, -0.25) is 0 Å². The van der Waals surface area contributed by atoms with Crippen LogP contribution in [0.3, 0.4) is 0 Å². The van der Waals surface area contributed by atoms with Gasteiger partial charge in [-0.1, -0.05) is 52.4 Å². The summed E-state index contributed by atoms with van der Waals surface area (Å²) in [5, 5.41) is 0. The lowest BCUT2D eigenvalue weighted by molar-refractivity contribution is 0.659. The van der Waals surface area contributed by atoms with Gasteiger partial charge in [0.2, 0.25) is 0 Å². The van der Waals surface area contributed by atoms with Crippen molar-refractivity contribution in [1.29, 1.82) is 0 Å². The van der Waals surface area contributed by atoms with Crippen LogP contribution >= 0.6 is 66.7 Å². The second-order valence-corrected chi connectivity index (χ2v) is 72.8. The van der Waals surface area contributed by atoms with E-state index in [4.69, 9.17) is 0 Å². The van der Waals surface area contributed by atoms with E-state index < -0.39 is 66.7 Å². The van der Waals surface area contributed by atoms with Crippen LogP contribution in [0.2, 0.25) is 0 Å². The monoisotopic (exact) mass is 666 g/mol. The highest BCUT2D eigenvalue weighted by atomic mass is 34.0. The second kappa shape index (κ2) is 13.8. The van der Waals surface area contributed by atoms with Gasteiger partial charge in [0.1, 0.15) is 0 Å². The molecule has 36 heavy (non-hydrogen) atoms. The Balaban J connectivity index is 6.30. The third-order valence-corrected chi connectivity index (χ3v) is 111. The van der Waals surface area contributed by atoms with Crippen LogP contribution in [-0.2, 0) is 0 Å². The van der Waals surface area contributed by atoms with Gasteiger partial charge in [-0.15, -0.1) is 0 Å². The first kappa shape index (κ1) is 38.8. The van der Waals surface area contributed by atoms with E-state index >= 15 is 0 Å². The molecule has 0 N–H and O–H groups in total. The van der Waals surface area contributed by atoms with E-state index in [1.165, 1.54) is 62.9 Å². The summed E-state index contributed by atoms with van der Waals surface area (Å²) < 4.78 is 0. The van der Waals surface area contributed by atoms with E-state index in [9.17, 15) is 0 Å². The van der Waals surface area contributed by atoms with Crippen molar-refractivity contribution in [3.05, 3.63) is 0 Å². The van der Waals surface area contributed by atoms with Crippen molar-refractivity contribution in [2.45, 2.75) is 65.2 Å². The molecule has 0 rings (SSSR count). The average Bonchev–Trinajstić information content (AvgIpc) is 2.72. The van der Waals surface area contributed by atoms with E-state index in [2.05, 4.69) is 114 Å². The fraction of sp³-hybridized carbons (Fsp3) is 1.00. The molecule has 0 unspecified atom stereocenters. The molecule has 0 nitrogen and oxygen atoms in total. The van der Waals surface area contributed by atoms with Gasteiger partial charge in [0.25, 0.3) is 0 Å². The fourth-order valence-electron chi connectivity index (χ4n) is 4.62. The lowest BCUT2D eigenvalue weighted by Crippen LogP contribution is -2.26. The maximum absolute atomic E-state index is 2.84. The molecular weight excluding hydrogens is 593 g/mol. The number of hydrogen-bond acceptors (Lipinski definition) is 0. The van der Waals surface area contributed by atoms with Crippen LogP contribution in [0.25, 0.3) is 0 Å². The van der Waals surface area contributed by atoms with Gasteiger partial charge in [0.15, 0.2) is 0 Å². The molecule has 0 aromatic carbocycles. The van der Waals surface area contributed by atoms with Crippen molar-refractivity contribution in [3.63, 3.8) is 0 Å². The zero-order chi connectivity index (χ0) is 29.1. The van der Waals surface area contributed by atoms with Gasteiger partial charge in [-0.25, -0.2) is 18.1 Å². The molecule has 0 fully saturated rings. The first-order chi connectivity index (χ1) is 15.9. The summed E-state index contributed by atoms with van der Waals surface area (Å²) in [6.07, 6.45) is 56.1. The molecule has 0 bridgehead atoms. The summed E-state index contributed by atoms with van der Waals surface area (Å²) in [5.41, 5.74) is 0. The van der Waals surface area contributed by atoms with Gasteiger partial charge in [-0.2, -0.15) is 48.6 Å². The van der Waals surface area contributed by atoms with Crippen LogP contribution < -0.4 is 0 Å². The minimum absolute atomic E-state index is 0.587. The SMILES string of the molecule is CCCCCCCS(C)(C)S(C)(C)S(C)(C)S(C)(C)S(C)(C)S(C)(C)S(C)(C)S(C)(C)CCCCC. The van der Waals surface area contributed by atoms with Crippen molar-refractivity contribution >= 4 is 66.7 Å². The average molecular weight is 667 g/mol. The van der Waals surface area contributed by atoms with E-state index in [0.29, 0.717) is 0 Å². The van der Waals surface area contributed by atoms with Crippen molar-refractivity contribution in [1.82, 2.24) is 0 Å². The summed E-state index contributed by atoms with van der Waals surface area (Å²) in [5.74, 6) is 3.00. The normalized spacial score (nSPS) is 19.1. The highest BCUT2D eigenvalue weighted by molar-refractivity contribution is 9.77. The molecular formula is C28H74S8. The van der Waals surface area contributed by atoms with E-state index in [0.717, 1.165) is 0 Å². The molecule has 0 amide bonds. The van der Waals surface area contributed by atoms with Crippen LogP contribution in [0.1, 0.15) is 65.2 Å². The van der Waals surface area contributed by atoms with Gasteiger partial charge in [-0.05, 0) is 124 Å². The minimum atomic E-state index is -0.749. The molecule has 0 aromatic rings. The highest BCUT2D eigenvalue weighted by Gasteiger charge is 2.54. The van der Waals surface area contributed by atoms with Gasteiger partial charge < -0.3 is 0 Å². The van der Waals surface area contributed by atoms with Crippen molar-refractivity contribution in [2.24, 2.45) is 0 Å². The third-order valence-electron chi connectivity index (χ3n) is 9.99. The zero-order valence-electron chi connectivity index (χ0n) is 28.3. The molecule has 8 heteroatoms. The van der Waals surface area contributed by atoms with Crippen LogP contribution in [0.15, 0.2) is 0 Å². The molecule has 0 saturated carbocycles. The number of rotatable bonds is 17. The molecule has 0 atom stereocenters. The topological polar surface area (TPSA) is 0 Å². The lowest BCUT2D eigenvalue weighted by Gasteiger charge is -2.80. The summed E-state index contributed by atoms with van der Waals surface area (Å²) in [7, 11) is -5.47. The Morgan fingerprint density at radius 2 is 0.500 bits per heavy atom. The quantitative estimate of drug-likeness (QED) is 0.107. The van der Waals surface area contributed by atoms with Gasteiger partial charge >= 0.3 is 0 Å². The van der Waals surface area contributed by atoms with Crippen molar-refractivity contribution in [2.75, 3.05) is 112 Å². The standard InChI is InChI=1S/C28H74S8/c1-19-21-23-24-26-28-30(5,6)32(9,10)34(13,14)36(17,18)35(15,16)33(11,12)31(7,8)29(3,4)27-25-22-20-2/h19-28H2,1-18H3. The van der Waals surface area contributed by atoms with Crippen molar-refractivity contribution in [3.8, 4) is 0 Å². The highest BCUT2D eigenvalue weighted by Crippen LogP contribution is 3.16. The largest absolute Gasteiger partial charge is 0.208 e. The lowest BCUT2D eigenvalue weighted by atomic mass is 10.2. The van der Waals surface area contributed by atoms with Crippen molar-refractivity contribution < 1.29 is 0 Å². The van der Waals surface area contributed by atoms with E-state index in [-0.39, 0.29) is 0 Å². The molecule has 0 saturated heterocycles. The summed E-state index contributed by atoms with van der Waals surface area (Å²) in [6.45, 7) is 4.70. The molecule has 0 aliphatic rings. The van der Waals surface area contributed by atoms with E-state index in [1.54, 1.807) is 0 Å². The second-order valence-electron chi connectivity index (χ2n) is 13.3. The molecule has 0 aliphatic carbocycles. The summed E-state index contributed by atoms with van der Waals surface area (Å²) in [6, 6.07) is 0. The predicted octanol–water partition coefficient (Wildman–Crippen LogP) is 12.1. The molecule has 0 aromatic heterocycles. The Bertz CT molecular complexity index is 675. The maximum Gasteiger partial charge on any atom is -0.0154 e. The Hall–Kier alpha value is 2.80. The van der Waals surface area contributed by atoms with Crippen LogP contribution in [0.4, 0.5) is 0 Å².